The van der Waals surface area contributed by atoms with Crippen molar-refractivity contribution >= 4 is 16.7 Å². The first-order chi connectivity index (χ1) is 16.4. The highest BCUT2D eigenvalue weighted by Crippen LogP contribution is 2.34. The number of nitriles is 1. The van der Waals surface area contributed by atoms with Crippen LogP contribution in [0.15, 0.2) is 41.3 Å². The van der Waals surface area contributed by atoms with Crippen LogP contribution < -0.4 is 15.2 Å². The first kappa shape index (κ1) is 23.8. The Labute approximate surface area is 200 Å². The van der Waals surface area contributed by atoms with Gasteiger partial charge in [0.15, 0.2) is 0 Å². The highest BCUT2D eigenvalue weighted by Gasteiger charge is 2.36. The largest absolute Gasteiger partial charge is 0.497 e. The number of aryl methyl sites for hydroxylation is 1. The smallest absolute Gasteiger partial charge is 0.252 e. The quantitative estimate of drug-likeness (QED) is 0.533. The molecular weight excluding hydrogens is 428 g/mol. The molecule has 1 aliphatic heterocycles. The molecular formula is C26H34N6O2. The van der Waals surface area contributed by atoms with Crippen molar-refractivity contribution in [3.8, 4) is 11.8 Å². The molecule has 0 bridgehead atoms. The molecule has 1 aliphatic rings. The standard InChI is InChI=1S/C26H34N6O2/c1-6-20-16-32(23-14-25(33)29(4)24-17-30(13-12-27)28-26(23)24)21(7-2)15-31(20)18(3)19-8-10-22(34-5)11-9-19/h8-11,14,17-18,20-21H,6-7,13,15-16H2,1-5H3/t18?,20-,21+/m1/s1. The normalized spacial score (nSPS) is 19.8. The van der Waals surface area contributed by atoms with Gasteiger partial charge in [0, 0.05) is 44.3 Å². The van der Waals surface area contributed by atoms with E-state index in [0.29, 0.717) is 6.04 Å². The summed E-state index contributed by atoms with van der Waals surface area (Å²) in [6.45, 7) is 8.58. The number of benzene rings is 1. The van der Waals surface area contributed by atoms with E-state index in [4.69, 9.17) is 10.00 Å². The molecule has 8 heteroatoms. The number of rotatable bonds is 7. The van der Waals surface area contributed by atoms with Crippen molar-refractivity contribution in [1.82, 2.24) is 19.2 Å². The number of pyridine rings is 1. The molecule has 0 N–H and O–H groups in total. The van der Waals surface area contributed by atoms with Crippen molar-refractivity contribution in [2.24, 2.45) is 7.05 Å². The number of methoxy groups -OCH3 is 1. The highest BCUT2D eigenvalue weighted by molar-refractivity contribution is 5.88. The van der Waals surface area contributed by atoms with Gasteiger partial charge < -0.3 is 14.2 Å². The number of hydrogen-bond donors (Lipinski definition) is 0. The molecule has 0 saturated carbocycles. The van der Waals surface area contributed by atoms with Gasteiger partial charge in [-0.25, -0.2) is 0 Å². The van der Waals surface area contributed by atoms with Gasteiger partial charge in [0.2, 0.25) is 0 Å². The molecule has 4 rings (SSSR count). The molecule has 1 aromatic carbocycles. The van der Waals surface area contributed by atoms with Crippen LogP contribution in [-0.4, -0.2) is 51.5 Å². The van der Waals surface area contributed by atoms with E-state index in [-0.39, 0.29) is 24.2 Å². The number of hydrogen-bond acceptors (Lipinski definition) is 6. The lowest BCUT2D eigenvalue weighted by Gasteiger charge is -2.49. The molecule has 0 radical (unpaired) electrons. The monoisotopic (exact) mass is 462 g/mol. The Hall–Kier alpha value is -3.31. The Bertz CT molecular complexity index is 1240. The minimum atomic E-state index is -0.0593. The average Bonchev–Trinajstić information content (AvgIpc) is 3.29. The SMILES string of the molecule is CC[C@H]1CN(C(C)c2ccc(OC)cc2)[C@H](CC)CN1c1cc(=O)n(C)c2cn(CC#N)nc12. The summed E-state index contributed by atoms with van der Waals surface area (Å²) in [7, 11) is 3.45. The van der Waals surface area contributed by atoms with E-state index in [9.17, 15) is 4.79 Å². The zero-order valence-corrected chi connectivity index (χ0v) is 20.7. The van der Waals surface area contributed by atoms with Crippen LogP contribution in [-0.2, 0) is 13.6 Å². The van der Waals surface area contributed by atoms with Crippen molar-refractivity contribution in [3.63, 3.8) is 0 Å². The molecule has 180 valence electrons. The third kappa shape index (κ3) is 4.28. The van der Waals surface area contributed by atoms with E-state index >= 15 is 0 Å². The Morgan fingerprint density at radius 1 is 1.18 bits per heavy atom. The van der Waals surface area contributed by atoms with Crippen molar-refractivity contribution in [1.29, 1.82) is 5.26 Å². The fourth-order valence-electron chi connectivity index (χ4n) is 5.14. The summed E-state index contributed by atoms with van der Waals surface area (Å²) < 4.78 is 8.56. The van der Waals surface area contributed by atoms with Crippen molar-refractivity contribution in [3.05, 3.63) is 52.4 Å². The summed E-state index contributed by atoms with van der Waals surface area (Å²) in [5.74, 6) is 0.866. The second kappa shape index (κ2) is 9.90. The van der Waals surface area contributed by atoms with E-state index in [1.165, 1.54) is 5.56 Å². The Morgan fingerprint density at radius 3 is 2.50 bits per heavy atom. The van der Waals surface area contributed by atoms with E-state index in [1.807, 2.05) is 12.1 Å². The molecule has 1 saturated heterocycles. The van der Waals surface area contributed by atoms with Crippen LogP contribution in [0.25, 0.3) is 11.0 Å². The first-order valence-electron chi connectivity index (χ1n) is 12.0. The number of anilines is 1. The van der Waals surface area contributed by atoms with E-state index < -0.39 is 0 Å². The van der Waals surface area contributed by atoms with E-state index in [1.54, 1.807) is 35.7 Å². The molecule has 3 heterocycles. The number of piperazine rings is 1. The second-order valence-electron chi connectivity index (χ2n) is 9.07. The molecule has 3 aromatic rings. The first-order valence-corrected chi connectivity index (χ1v) is 12.0. The maximum atomic E-state index is 12.8. The lowest BCUT2D eigenvalue weighted by Crippen LogP contribution is -2.58. The van der Waals surface area contributed by atoms with Gasteiger partial charge in [-0.15, -0.1) is 0 Å². The van der Waals surface area contributed by atoms with Crippen molar-refractivity contribution in [2.75, 3.05) is 25.1 Å². The molecule has 8 nitrogen and oxygen atoms in total. The molecule has 0 amide bonds. The molecule has 1 unspecified atom stereocenters. The summed E-state index contributed by atoms with van der Waals surface area (Å²) in [5, 5.41) is 13.8. The average molecular weight is 463 g/mol. The lowest BCUT2D eigenvalue weighted by atomic mass is 9.96. The predicted molar refractivity (Wildman–Crippen MR) is 134 cm³/mol. The molecule has 1 fully saturated rings. The van der Waals surface area contributed by atoms with Crippen LogP contribution in [0.4, 0.5) is 5.69 Å². The van der Waals surface area contributed by atoms with Crippen molar-refractivity contribution < 1.29 is 4.74 Å². The summed E-state index contributed by atoms with van der Waals surface area (Å²) in [6, 6.07) is 13.0. The molecule has 2 aromatic heterocycles. The summed E-state index contributed by atoms with van der Waals surface area (Å²) in [5.41, 5.74) is 3.62. The molecule has 3 atom stereocenters. The molecule has 0 aliphatic carbocycles. The lowest BCUT2D eigenvalue weighted by molar-refractivity contribution is 0.101. The van der Waals surface area contributed by atoms with Gasteiger partial charge >= 0.3 is 0 Å². The van der Waals surface area contributed by atoms with Gasteiger partial charge in [0.25, 0.3) is 5.56 Å². The van der Waals surface area contributed by atoms with Crippen LogP contribution in [0.2, 0.25) is 0 Å². The number of nitrogens with zero attached hydrogens (tertiary/aromatic N) is 6. The fraction of sp³-hybridized carbons (Fsp3) is 0.500. The van der Waals surface area contributed by atoms with Crippen LogP contribution in [0, 0.1) is 11.3 Å². The third-order valence-electron chi connectivity index (χ3n) is 7.26. The van der Waals surface area contributed by atoms with E-state index in [0.717, 1.165) is 48.4 Å². The maximum Gasteiger partial charge on any atom is 0.252 e. The van der Waals surface area contributed by atoms with Gasteiger partial charge in [-0.3, -0.25) is 14.4 Å². The number of ether oxygens (including phenoxy) is 1. The van der Waals surface area contributed by atoms with Gasteiger partial charge in [-0.1, -0.05) is 26.0 Å². The molecule has 34 heavy (non-hydrogen) atoms. The summed E-state index contributed by atoms with van der Waals surface area (Å²) >= 11 is 0. The van der Waals surface area contributed by atoms with Gasteiger partial charge in [0.1, 0.15) is 17.8 Å². The Morgan fingerprint density at radius 2 is 1.88 bits per heavy atom. The van der Waals surface area contributed by atoms with Gasteiger partial charge in [0.05, 0.1) is 30.6 Å². The van der Waals surface area contributed by atoms with Crippen LogP contribution in [0.3, 0.4) is 0 Å². The van der Waals surface area contributed by atoms with Gasteiger partial charge in [-0.2, -0.15) is 10.4 Å². The minimum absolute atomic E-state index is 0.0593. The molecule has 0 spiro atoms. The van der Waals surface area contributed by atoms with Crippen molar-refractivity contribution in [2.45, 2.75) is 58.3 Å². The zero-order valence-electron chi connectivity index (χ0n) is 20.7. The van der Waals surface area contributed by atoms with Crippen LogP contribution in [0.1, 0.15) is 45.2 Å². The number of aromatic nitrogens is 3. The number of fused-ring (bicyclic) bond motifs is 1. The third-order valence-corrected chi connectivity index (χ3v) is 7.26. The summed E-state index contributed by atoms with van der Waals surface area (Å²) in [4.78, 5) is 17.8. The predicted octanol–water partition coefficient (Wildman–Crippen LogP) is 3.71. The van der Waals surface area contributed by atoms with Gasteiger partial charge in [-0.05, 0) is 37.5 Å². The highest BCUT2D eigenvalue weighted by atomic mass is 16.5. The maximum absolute atomic E-state index is 12.8. The Kier molecular flexibility index (Phi) is 6.94. The zero-order chi connectivity index (χ0) is 24.4. The van der Waals surface area contributed by atoms with E-state index in [2.05, 4.69) is 53.9 Å². The fourth-order valence-corrected chi connectivity index (χ4v) is 5.14. The minimum Gasteiger partial charge on any atom is -0.497 e. The second-order valence-corrected chi connectivity index (χ2v) is 9.07. The van der Waals surface area contributed by atoms with Crippen LogP contribution in [0.5, 0.6) is 5.75 Å². The topological polar surface area (TPSA) is 79.3 Å². The summed E-state index contributed by atoms with van der Waals surface area (Å²) in [6.07, 6.45) is 3.76. The van der Waals surface area contributed by atoms with Crippen LogP contribution >= 0.6 is 0 Å². The Balaban J connectivity index is 1.70.